The van der Waals surface area contributed by atoms with E-state index in [2.05, 4.69) is 12.2 Å². The first kappa shape index (κ1) is 14.4. The Labute approximate surface area is 112 Å². The van der Waals surface area contributed by atoms with E-state index in [0.29, 0.717) is 18.0 Å². The number of benzene rings is 1. The van der Waals surface area contributed by atoms with Gasteiger partial charge in [-0.15, -0.1) is 0 Å². The molecule has 1 aliphatic carbocycles. The Hall–Kier alpha value is -1.00. The van der Waals surface area contributed by atoms with Crippen molar-refractivity contribution in [1.29, 1.82) is 0 Å². The zero-order valence-corrected chi connectivity index (χ0v) is 11.2. The summed E-state index contributed by atoms with van der Waals surface area (Å²) in [6.45, 7) is 3.51. The maximum Gasteiger partial charge on any atom is 0.159 e. The molecule has 1 saturated carbocycles. The molecule has 1 aromatic rings. The lowest BCUT2D eigenvalue weighted by Crippen LogP contribution is -2.26. The van der Waals surface area contributed by atoms with Crippen molar-refractivity contribution in [3.63, 3.8) is 0 Å². The Kier molecular flexibility index (Phi) is 4.88. The summed E-state index contributed by atoms with van der Waals surface area (Å²) in [7, 11) is 0. The second kappa shape index (κ2) is 6.44. The minimum atomic E-state index is -0.916. The monoisotopic (exact) mass is 269 g/mol. The molecular formula is C15H21F2NO. The van der Waals surface area contributed by atoms with E-state index in [9.17, 15) is 13.9 Å². The molecule has 0 radical (unpaired) electrons. The van der Waals surface area contributed by atoms with E-state index in [-0.39, 0.29) is 0 Å². The van der Waals surface area contributed by atoms with Crippen molar-refractivity contribution < 1.29 is 13.9 Å². The molecule has 0 saturated heterocycles. The van der Waals surface area contributed by atoms with Gasteiger partial charge in [0, 0.05) is 6.54 Å². The van der Waals surface area contributed by atoms with E-state index in [1.54, 1.807) is 0 Å². The molecule has 2 N–H and O–H groups in total. The third-order valence-corrected chi connectivity index (χ3v) is 3.90. The van der Waals surface area contributed by atoms with Crippen molar-refractivity contribution in [1.82, 2.24) is 5.32 Å². The van der Waals surface area contributed by atoms with E-state index in [1.165, 1.54) is 25.3 Å². The van der Waals surface area contributed by atoms with Gasteiger partial charge in [-0.05, 0) is 48.9 Å². The Bertz CT molecular complexity index is 425. The summed E-state index contributed by atoms with van der Waals surface area (Å²) in [6.07, 6.45) is 2.94. The number of aliphatic hydroxyl groups is 1. The van der Waals surface area contributed by atoms with Gasteiger partial charge < -0.3 is 10.4 Å². The SMILES string of the molecule is CC1CCC(CNCC(O)c2ccc(F)c(F)c2)C1. The summed E-state index contributed by atoms with van der Waals surface area (Å²) >= 11 is 0. The minimum absolute atomic E-state index is 0.371. The molecular weight excluding hydrogens is 248 g/mol. The van der Waals surface area contributed by atoms with E-state index in [4.69, 9.17) is 0 Å². The van der Waals surface area contributed by atoms with Crippen LogP contribution in [0, 0.1) is 23.5 Å². The number of nitrogens with one attached hydrogen (secondary N) is 1. The maximum absolute atomic E-state index is 13.0. The molecule has 1 aromatic carbocycles. The lowest BCUT2D eigenvalue weighted by Gasteiger charge is -2.15. The number of halogens is 2. The van der Waals surface area contributed by atoms with Crippen LogP contribution in [-0.4, -0.2) is 18.2 Å². The van der Waals surface area contributed by atoms with Gasteiger partial charge in [-0.2, -0.15) is 0 Å². The smallest absolute Gasteiger partial charge is 0.159 e. The highest BCUT2D eigenvalue weighted by Gasteiger charge is 2.21. The summed E-state index contributed by atoms with van der Waals surface area (Å²) < 4.78 is 25.8. The zero-order valence-electron chi connectivity index (χ0n) is 11.2. The first-order chi connectivity index (χ1) is 9.06. The van der Waals surface area contributed by atoms with Gasteiger partial charge in [-0.1, -0.05) is 19.4 Å². The zero-order chi connectivity index (χ0) is 13.8. The topological polar surface area (TPSA) is 32.3 Å². The Morgan fingerprint density at radius 3 is 2.74 bits per heavy atom. The van der Waals surface area contributed by atoms with Crippen molar-refractivity contribution in [3.05, 3.63) is 35.4 Å². The van der Waals surface area contributed by atoms with Crippen LogP contribution < -0.4 is 5.32 Å². The number of aliphatic hydroxyl groups excluding tert-OH is 1. The standard InChI is InChI=1S/C15H21F2NO/c1-10-2-3-11(6-10)8-18-9-15(19)12-4-5-13(16)14(17)7-12/h4-5,7,10-11,15,18-19H,2-3,6,8-9H2,1H3. The predicted octanol–water partition coefficient (Wildman–Crippen LogP) is 3.02. The molecule has 1 aliphatic rings. The quantitative estimate of drug-likeness (QED) is 0.861. The number of rotatable bonds is 5. The van der Waals surface area contributed by atoms with E-state index < -0.39 is 17.7 Å². The van der Waals surface area contributed by atoms with Gasteiger partial charge in [0.15, 0.2) is 11.6 Å². The summed E-state index contributed by atoms with van der Waals surface area (Å²) in [5.41, 5.74) is 0.409. The lowest BCUT2D eigenvalue weighted by molar-refractivity contribution is 0.172. The Balaban J connectivity index is 1.77. The van der Waals surface area contributed by atoms with Crippen molar-refractivity contribution in [2.75, 3.05) is 13.1 Å². The molecule has 19 heavy (non-hydrogen) atoms. The fourth-order valence-corrected chi connectivity index (χ4v) is 2.77. The highest BCUT2D eigenvalue weighted by molar-refractivity contribution is 5.20. The summed E-state index contributed by atoms with van der Waals surface area (Å²) in [4.78, 5) is 0. The average molecular weight is 269 g/mol. The fourth-order valence-electron chi connectivity index (χ4n) is 2.77. The van der Waals surface area contributed by atoms with E-state index >= 15 is 0 Å². The largest absolute Gasteiger partial charge is 0.387 e. The third kappa shape index (κ3) is 3.98. The van der Waals surface area contributed by atoms with Crippen molar-refractivity contribution >= 4 is 0 Å². The molecule has 2 nitrogen and oxygen atoms in total. The van der Waals surface area contributed by atoms with Gasteiger partial charge in [0.25, 0.3) is 0 Å². The number of hydrogen-bond acceptors (Lipinski definition) is 2. The Morgan fingerprint density at radius 2 is 2.11 bits per heavy atom. The predicted molar refractivity (Wildman–Crippen MR) is 70.7 cm³/mol. The molecule has 3 atom stereocenters. The third-order valence-electron chi connectivity index (χ3n) is 3.90. The highest BCUT2D eigenvalue weighted by atomic mass is 19.2. The molecule has 0 amide bonds. The molecule has 4 heteroatoms. The molecule has 0 heterocycles. The molecule has 0 bridgehead atoms. The van der Waals surface area contributed by atoms with Crippen LogP contribution in [0.25, 0.3) is 0 Å². The van der Waals surface area contributed by atoms with E-state index in [0.717, 1.165) is 24.6 Å². The Morgan fingerprint density at radius 1 is 1.32 bits per heavy atom. The second-order valence-electron chi connectivity index (χ2n) is 5.63. The lowest BCUT2D eigenvalue weighted by atomic mass is 10.1. The number of hydrogen-bond donors (Lipinski definition) is 2. The maximum atomic E-state index is 13.0. The van der Waals surface area contributed by atoms with Crippen LogP contribution in [0.2, 0.25) is 0 Å². The van der Waals surface area contributed by atoms with Crippen LogP contribution in [0.15, 0.2) is 18.2 Å². The molecule has 1 fully saturated rings. The fraction of sp³-hybridized carbons (Fsp3) is 0.600. The summed E-state index contributed by atoms with van der Waals surface area (Å²) in [5.74, 6) is -0.333. The van der Waals surface area contributed by atoms with Crippen LogP contribution in [0.4, 0.5) is 8.78 Å². The van der Waals surface area contributed by atoms with Crippen molar-refractivity contribution in [2.24, 2.45) is 11.8 Å². The van der Waals surface area contributed by atoms with Crippen LogP contribution in [-0.2, 0) is 0 Å². The molecule has 0 spiro atoms. The summed E-state index contributed by atoms with van der Waals surface area (Å²) in [6, 6.07) is 3.52. The first-order valence-electron chi connectivity index (χ1n) is 6.90. The van der Waals surface area contributed by atoms with Crippen LogP contribution in [0.3, 0.4) is 0 Å². The normalized spacial score (nSPS) is 24.6. The minimum Gasteiger partial charge on any atom is -0.387 e. The summed E-state index contributed by atoms with van der Waals surface area (Å²) in [5, 5.41) is 13.1. The molecule has 0 aliphatic heterocycles. The van der Waals surface area contributed by atoms with Gasteiger partial charge in [0.2, 0.25) is 0 Å². The van der Waals surface area contributed by atoms with Gasteiger partial charge in [0.05, 0.1) is 6.10 Å². The van der Waals surface area contributed by atoms with Gasteiger partial charge in [-0.25, -0.2) is 8.78 Å². The van der Waals surface area contributed by atoms with Gasteiger partial charge >= 0.3 is 0 Å². The molecule has 3 unspecified atom stereocenters. The van der Waals surface area contributed by atoms with Crippen molar-refractivity contribution in [2.45, 2.75) is 32.3 Å². The van der Waals surface area contributed by atoms with Crippen LogP contribution in [0.1, 0.15) is 37.9 Å². The first-order valence-corrected chi connectivity index (χ1v) is 6.90. The second-order valence-corrected chi connectivity index (χ2v) is 5.63. The van der Waals surface area contributed by atoms with Gasteiger partial charge in [-0.3, -0.25) is 0 Å². The average Bonchev–Trinajstić information content (AvgIpc) is 2.78. The van der Waals surface area contributed by atoms with Crippen LogP contribution in [0.5, 0.6) is 0 Å². The van der Waals surface area contributed by atoms with E-state index in [1.807, 2.05) is 0 Å². The molecule has 2 rings (SSSR count). The van der Waals surface area contributed by atoms with Crippen molar-refractivity contribution in [3.8, 4) is 0 Å². The highest BCUT2D eigenvalue weighted by Crippen LogP contribution is 2.29. The molecule has 106 valence electrons. The van der Waals surface area contributed by atoms with Gasteiger partial charge in [0.1, 0.15) is 0 Å². The molecule has 0 aromatic heterocycles. The van der Waals surface area contributed by atoms with Crippen LogP contribution >= 0.6 is 0 Å².